The van der Waals surface area contributed by atoms with Gasteiger partial charge in [-0.1, -0.05) is 43.2 Å². The van der Waals surface area contributed by atoms with Crippen LogP contribution in [0.1, 0.15) is 43.6 Å². The highest BCUT2D eigenvalue weighted by Crippen LogP contribution is 2.33. The fourth-order valence-corrected chi connectivity index (χ4v) is 3.04. The standard InChI is InChI=1S/C17H24N2O3/c1-19(12-11-16(20)21)17(22)18-15-10-6-5-9-14(15)13-7-3-2-4-8-13/h2-4,7-8,14-15H,5-6,9-12H2,1H3,(H,18,22)(H,20,21). The highest BCUT2D eigenvalue weighted by molar-refractivity contribution is 5.75. The second kappa shape index (κ2) is 7.82. The van der Waals surface area contributed by atoms with Crippen molar-refractivity contribution in [3.63, 3.8) is 0 Å². The van der Waals surface area contributed by atoms with Crippen LogP contribution in [-0.4, -0.2) is 41.6 Å². The van der Waals surface area contributed by atoms with Crippen LogP contribution in [0.3, 0.4) is 0 Å². The Balaban J connectivity index is 1.96. The number of carbonyl (C=O) groups excluding carboxylic acids is 1. The summed E-state index contributed by atoms with van der Waals surface area (Å²) in [5.41, 5.74) is 1.26. The first-order chi connectivity index (χ1) is 10.6. The molecule has 2 atom stereocenters. The Hall–Kier alpha value is -2.04. The van der Waals surface area contributed by atoms with E-state index in [-0.39, 0.29) is 25.0 Å². The van der Waals surface area contributed by atoms with Crippen molar-refractivity contribution >= 4 is 12.0 Å². The topological polar surface area (TPSA) is 69.6 Å². The van der Waals surface area contributed by atoms with Gasteiger partial charge in [0.25, 0.3) is 0 Å². The largest absolute Gasteiger partial charge is 0.481 e. The normalized spacial score (nSPS) is 21.1. The number of nitrogens with one attached hydrogen (secondary N) is 1. The Morgan fingerprint density at radius 3 is 2.59 bits per heavy atom. The zero-order valence-corrected chi connectivity index (χ0v) is 13.0. The molecule has 0 heterocycles. The molecule has 1 fully saturated rings. The summed E-state index contributed by atoms with van der Waals surface area (Å²) in [4.78, 5) is 24.3. The van der Waals surface area contributed by atoms with Crippen molar-refractivity contribution in [2.75, 3.05) is 13.6 Å². The lowest BCUT2D eigenvalue weighted by Gasteiger charge is -2.33. The molecule has 0 aromatic heterocycles. The first kappa shape index (κ1) is 16.3. The molecule has 5 heteroatoms. The minimum absolute atomic E-state index is 0.0311. The molecular formula is C17H24N2O3. The third kappa shape index (κ3) is 4.48. The van der Waals surface area contributed by atoms with Gasteiger partial charge in [0.1, 0.15) is 0 Å². The molecule has 0 bridgehead atoms. The van der Waals surface area contributed by atoms with Crippen LogP contribution in [0.5, 0.6) is 0 Å². The molecule has 0 spiro atoms. The number of rotatable bonds is 5. The highest BCUT2D eigenvalue weighted by atomic mass is 16.4. The van der Waals surface area contributed by atoms with E-state index >= 15 is 0 Å². The smallest absolute Gasteiger partial charge is 0.317 e. The van der Waals surface area contributed by atoms with E-state index in [0.717, 1.165) is 19.3 Å². The van der Waals surface area contributed by atoms with Crippen LogP contribution >= 0.6 is 0 Å². The van der Waals surface area contributed by atoms with Gasteiger partial charge in [-0.3, -0.25) is 4.79 Å². The number of amides is 2. The molecule has 5 nitrogen and oxygen atoms in total. The van der Waals surface area contributed by atoms with E-state index in [1.165, 1.54) is 16.9 Å². The summed E-state index contributed by atoms with van der Waals surface area (Å²) in [5, 5.41) is 11.8. The van der Waals surface area contributed by atoms with E-state index in [0.29, 0.717) is 5.92 Å². The average molecular weight is 304 g/mol. The van der Waals surface area contributed by atoms with Crippen molar-refractivity contribution in [2.45, 2.75) is 44.1 Å². The molecule has 1 saturated carbocycles. The maximum atomic E-state index is 12.2. The van der Waals surface area contributed by atoms with Crippen LogP contribution in [0, 0.1) is 0 Å². The number of urea groups is 1. The Labute approximate surface area is 131 Å². The maximum absolute atomic E-state index is 12.2. The van der Waals surface area contributed by atoms with Crippen molar-refractivity contribution < 1.29 is 14.7 Å². The fourth-order valence-electron chi connectivity index (χ4n) is 3.04. The molecule has 1 aliphatic carbocycles. The molecule has 2 N–H and O–H groups in total. The molecule has 120 valence electrons. The lowest BCUT2D eigenvalue weighted by atomic mass is 9.80. The molecule has 0 radical (unpaired) electrons. The first-order valence-corrected chi connectivity index (χ1v) is 7.86. The minimum Gasteiger partial charge on any atom is -0.481 e. The van der Waals surface area contributed by atoms with Crippen LogP contribution in [0.25, 0.3) is 0 Å². The molecule has 2 amide bonds. The Morgan fingerprint density at radius 1 is 1.23 bits per heavy atom. The van der Waals surface area contributed by atoms with Crippen molar-refractivity contribution in [3.8, 4) is 0 Å². The number of hydrogen-bond donors (Lipinski definition) is 2. The monoisotopic (exact) mass is 304 g/mol. The van der Waals surface area contributed by atoms with E-state index in [1.807, 2.05) is 18.2 Å². The van der Waals surface area contributed by atoms with E-state index in [2.05, 4.69) is 17.4 Å². The van der Waals surface area contributed by atoms with Crippen molar-refractivity contribution in [2.24, 2.45) is 0 Å². The van der Waals surface area contributed by atoms with E-state index < -0.39 is 5.97 Å². The quantitative estimate of drug-likeness (QED) is 0.879. The van der Waals surface area contributed by atoms with Gasteiger partial charge in [0.05, 0.1) is 6.42 Å². The van der Waals surface area contributed by atoms with E-state index in [4.69, 9.17) is 5.11 Å². The zero-order valence-electron chi connectivity index (χ0n) is 13.0. The number of hydrogen-bond acceptors (Lipinski definition) is 2. The van der Waals surface area contributed by atoms with E-state index in [9.17, 15) is 9.59 Å². The number of carbonyl (C=O) groups is 2. The summed E-state index contributed by atoms with van der Waals surface area (Å²) in [6, 6.07) is 10.2. The molecule has 2 unspecified atom stereocenters. The second-order valence-corrected chi connectivity index (χ2v) is 5.92. The summed E-state index contributed by atoms with van der Waals surface area (Å²) in [7, 11) is 1.64. The van der Waals surface area contributed by atoms with Gasteiger partial charge in [-0.05, 0) is 18.4 Å². The molecule has 22 heavy (non-hydrogen) atoms. The number of carboxylic acids is 1. The Morgan fingerprint density at radius 2 is 1.91 bits per heavy atom. The van der Waals surface area contributed by atoms with Crippen LogP contribution in [-0.2, 0) is 4.79 Å². The van der Waals surface area contributed by atoms with Gasteiger partial charge in [0.15, 0.2) is 0 Å². The molecular weight excluding hydrogens is 280 g/mol. The van der Waals surface area contributed by atoms with Gasteiger partial charge < -0.3 is 15.3 Å². The third-order valence-electron chi connectivity index (χ3n) is 4.31. The first-order valence-electron chi connectivity index (χ1n) is 7.86. The molecule has 1 aromatic carbocycles. The third-order valence-corrected chi connectivity index (χ3v) is 4.31. The van der Waals surface area contributed by atoms with E-state index in [1.54, 1.807) is 7.05 Å². The summed E-state index contributed by atoms with van der Waals surface area (Å²) < 4.78 is 0. The van der Waals surface area contributed by atoms with Crippen molar-refractivity contribution in [1.29, 1.82) is 0 Å². The molecule has 1 aromatic rings. The molecule has 0 aliphatic heterocycles. The van der Waals surface area contributed by atoms with Crippen molar-refractivity contribution in [1.82, 2.24) is 10.2 Å². The summed E-state index contributed by atoms with van der Waals surface area (Å²) in [6.07, 6.45) is 4.32. The van der Waals surface area contributed by atoms with Crippen LogP contribution in [0.15, 0.2) is 30.3 Å². The maximum Gasteiger partial charge on any atom is 0.317 e. The number of aliphatic carboxylic acids is 1. The average Bonchev–Trinajstić information content (AvgIpc) is 2.53. The van der Waals surface area contributed by atoms with Gasteiger partial charge in [-0.25, -0.2) is 4.79 Å². The summed E-state index contributed by atoms with van der Waals surface area (Å²) in [5.74, 6) is -0.550. The van der Waals surface area contributed by atoms with Gasteiger partial charge in [0.2, 0.25) is 0 Å². The summed E-state index contributed by atoms with van der Waals surface area (Å²) >= 11 is 0. The zero-order chi connectivity index (χ0) is 15.9. The van der Waals surface area contributed by atoms with Crippen LogP contribution in [0.2, 0.25) is 0 Å². The molecule has 2 rings (SSSR count). The van der Waals surface area contributed by atoms with Gasteiger partial charge in [-0.2, -0.15) is 0 Å². The minimum atomic E-state index is -0.889. The number of benzene rings is 1. The Kier molecular flexibility index (Phi) is 5.81. The van der Waals surface area contributed by atoms with Crippen molar-refractivity contribution in [3.05, 3.63) is 35.9 Å². The van der Waals surface area contributed by atoms with Gasteiger partial charge in [-0.15, -0.1) is 0 Å². The Bertz CT molecular complexity index is 504. The predicted octanol–water partition coefficient (Wildman–Crippen LogP) is 2.83. The lowest BCUT2D eigenvalue weighted by molar-refractivity contribution is -0.137. The molecule has 1 aliphatic rings. The van der Waals surface area contributed by atoms with Crippen LogP contribution < -0.4 is 5.32 Å². The highest BCUT2D eigenvalue weighted by Gasteiger charge is 2.28. The summed E-state index contributed by atoms with van der Waals surface area (Å²) in [6.45, 7) is 0.226. The predicted molar refractivity (Wildman–Crippen MR) is 84.9 cm³/mol. The lowest BCUT2D eigenvalue weighted by Crippen LogP contribution is -2.47. The van der Waals surface area contributed by atoms with Crippen LogP contribution in [0.4, 0.5) is 4.79 Å². The van der Waals surface area contributed by atoms with Gasteiger partial charge >= 0.3 is 12.0 Å². The SMILES string of the molecule is CN(CCC(=O)O)C(=O)NC1CCCCC1c1ccccc1. The second-order valence-electron chi connectivity index (χ2n) is 5.92. The fraction of sp³-hybridized carbons (Fsp3) is 0.529. The molecule has 0 saturated heterocycles. The number of nitrogens with zero attached hydrogens (tertiary/aromatic N) is 1. The van der Waals surface area contributed by atoms with Gasteiger partial charge in [0, 0.05) is 25.6 Å². The number of carboxylic acid groups (broad SMARTS) is 1.